The first-order chi connectivity index (χ1) is 8.09. The summed E-state index contributed by atoms with van der Waals surface area (Å²) in [5.74, 6) is 0.0556. The van der Waals surface area contributed by atoms with Crippen molar-refractivity contribution in [2.24, 2.45) is 12.8 Å². The van der Waals surface area contributed by atoms with Gasteiger partial charge in [-0.1, -0.05) is 0 Å². The van der Waals surface area contributed by atoms with Crippen LogP contribution in [0.15, 0.2) is 12.4 Å². The number of nitrogens with two attached hydrogens (primary N) is 1. The predicted molar refractivity (Wildman–Crippen MR) is 65.5 cm³/mol. The molecule has 1 fully saturated rings. The average Bonchev–Trinajstić information content (AvgIpc) is 2.75. The van der Waals surface area contributed by atoms with Crippen LogP contribution in [0.3, 0.4) is 0 Å². The van der Waals surface area contributed by atoms with Gasteiger partial charge in [0.25, 0.3) is 5.91 Å². The summed E-state index contributed by atoms with van der Waals surface area (Å²) >= 11 is 0. The van der Waals surface area contributed by atoms with Crippen LogP contribution in [0.1, 0.15) is 36.5 Å². The highest BCUT2D eigenvalue weighted by molar-refractivity contribution is 5.94. The highest BCUT2D eigenvalue weighted by Gasteiger charge is 2.30. The molecule has 5 nitrogen and oxygen atoms in total. The summed E-state index contributed by atoms with van der Waals surface area (Å²) in [6.07, 6.45) is 6.60. The Balaban J connectivity index is 2.16. The van der Waals surface area contributed by atoms with Gasteiger partial charge < -0.3 is 10.6 Å². The maximum absolute atomic E-state index is 12.3. The molecule has 0 spiro atoms. The highest BCUT2D eigenvalue weighted by atomic mass is 16.2. The number of aromatic nitrogens is 2. The van der Waals surface area contributed by atoms with Crippen LogP contribution in [-0.4, -0.2) is 39.2 Å². The van der Waals surface area contributed by atoms with Crippen molar-refractivity contribution >= 4 is 5.91 Å². The molecule has 1 aliphatic heterocycles. The first-order valence-electron chi connectivity index (χ1n) is 6.15. The second-order valence-corrected chi connectivity index (χ2v) is 4.82. The number of hydrogen-bond donors (Lipinski definition) is 1. The monoisotopic (exact) mass is 236 g/mol. The van der Waals surface area contributed by atoms with Gasteiger partial charge in [0.15, 0.2) is 0 Å². The largest absolute Gasteiger partial charge is 0.334 e. The third-order valence-electron chi connectivity index (χ3n) is 3.37. The fraction of sp³-hybridized carbons (Fsp3) is 0.667. The van der Waals surface area contributed by atoms with Crippen LogP contribution in [0, 0.1) is 0 Å². The minimum atomic E-state index is 0.0240. The van der Waals surface area contributed by atoms with Crippen LogP contribution in [0.4, 0.5) is 0 Å². The Kier molecular flexibility index (Phi) is 3.47. The predicted octanol–water partition coefficient (Wildman–Crippen LogP) is 0.762. The van der Waals surface area contributed by atoms with Crippen molar-refractivity contribution < 1.29 is 4.79 Å². The van der Waals surface area contributed by atoms with E-state index in [1.165, 1.54) is 0 Å². The van der Waals surface area contributed by atoms with E-state index in [4.69, 9.17) is 5.73 Å². The molecule has 2 rings (SSSR count). The quantitative estimate of drug-likeness (QED) is 0.824. The topological polar surface area (TPSA) is 64.2 Å². The Morgan fingerprint density at radius 1 is 1.59 bits per heavy atom. The number of piperidine rings is 1. The summed E-state index contributed by atoms with van der Waals surface area (Å²) in [7, 11) is 1.82. The number of nitrogens with zero attached hydrogens (tertiary/aromatic N) is 3. The lowest BCUT2D eigenvalue weighted by atomic mass is 9.96. The Morgan fingerprint density at radius 3 is 2.94 bits per heavy atom. The first-order valence-corrected chi connectivity index (χ1v) is 6.15. The summed E-state index contributed by atoms with van der Waals surface area (Å²) < 4.78 is 1.65. The molecule has 1 aromatic heterocycles. The van der Waals surface area contributed by atoms with E-state index in [1.54, 1.807) is 17.1 Å². The number of rotatable bonds is 2. The molecule has 0 radical (unpaired) electrons. The van der Waals surface area contributed by atoms with Gasteiger partial charge >= 0.3 is 0 Å². The lowest BCUT2D eigenvalue weighted by Crippen LogP contribution is -2.51. The molecule has 1 aromatic rings. The van der Waals surface area contributed by atoms with Crippen LogP contribution < -0.4 is 5.73 Å². The normalized spacial score (nSPS) is 22.5. The molecule has 2 atom stereocenters. The van der Waals surface area contributed by atoms with E-state index in [0.29, 0.717) is 5.56 Å². The smallest absolute Gasteiger partial charge is 0.257 e. The number of hydrogen-bond acceptors (Lipinski definition) is 3. The third-order valence-corrected chi connectivity index (χ3v) is 3.37. The number of aryl methyl sites for hydroxylation is 1. The van der Waals surface area contributed by atoms with E-state index in [-0.39, 0.29) is 18.0 Å². The minimum Gasteiger partial charge on any atom is -0.334 e. The molecule has 2 unspecified atom stereocenters. The fourth-order valence-corrected chi connectivity index (χ4v) is 2.45. The molecule has 2 heterocycles. The number of likely N-dealkylation sites (tertiary alicyclic amines) is 1. The van der Waals surface area contributed by atoms with Crippen molar-refractivity contribution in [2.75, 3.05) is 6.54 Å². The summed E-state index contributed by atoms with van der Waals surface area (Å²) in [6.45, 7) is 2.78. The minimum absolute atomic E-state index is 0.0240. The van der Waals surface area contributed by atoms with E-state index >= 15 is 0 Å². The van der Waals surface area contributed by atoms with Gasteiger partial charge in [0.2, 0.25) is 0 Å². The second kappa shape index (κ2) is 4.87. The number of amides is 1. The Hall–Kier alpha value is -1.36. The van der Waals surface area contributed by atoms with Gasteiger partial charge in [0.1, 0.15) is 0 Å². The van der Waals surface area contributed by atoms with E-state index in [1.807, 2.05) is 18.9 Å². The van der Waals surface area contributed by atoms with E-state index < -0.39 is 0 Å². The van der Waals surface area contributed by atoms with Crippen molar-refractivity contribution in [3.05, 3.63) is 18.0 Å². The zero-order valence-electron chi connectivity index (χ0n) is 10.5. The maximum Gasteiger partial charge on any atom is 0.257 e. The van der Waals surface area contributed by atoms with E-state index in [2.05, 4.69) is 5.10 Å². The van der Waals surface area contributed by atoms with Crippen LogP contribution in [0.2, 0.25) is 0 Å². The molecule has 94 valence electrons. The van der Waals surface area contributed by atoms with Crippen molar-refractivity contribution in [1.82, 2.24) is 14.7 Å². The van der Waals surface area contributed by atoms with E-state index in [9.17, 15) is 4.79 Å². The van der Waals surface area contributed by atoms with Crippen LogP contribution in [-0.2, 0) is 7.05 Å². The number of carbonyl (C=O) groups is 1. The molecule has 2 N–H and O–H groups in total. The van der Waals surface area contributed by atoms with Crippen molar-refractivity contribution in [3.63, 3.8) is 0 Å². The SMILES string of the molecule is CC(N)C1CCCCN1C(=O)c1cnn(C)c1. The van der Waals surface area contributed by atoms with Crippen molar-refractivity contribution in [3.8, 4) is 0 Å². The summed E-state index contributed by atoms with van der Waals surface area (Å²) in [5, 5.41) is 4.04. The molecule has 5 heteroatoms. The number of carbonyl (C=O) groups excluding carboxylic acids is 1. The van der Waals surface area contributed by atoms with Crippen LogP contribution in [0.5, 0.6) is 0 Å². The zero-order chi connectivity index (χ0) is 12.4. The summed E-state index contributed by atoms with van der Waals surface area (Å²) in [4.78, 5) is 14.3. The lowest BCUT2D eigenvalue weighted by Gasteiger charge is -2.37. The fourth-order valence-electron chi connectivity index (χ4n) is 2.45. The van der Waals surface area contributed by atoms with Crippen molar-refractivity contribution in [1.29, 1.82) is 0 Å². The molecule has 0 aliphatic carbocycles. The molecule has 0 bridgehead atoms. The highest BCUT2D eigenvalue weighted by Crippen LogP contribution is 2.21. The van der Waals surface area contributed by atoms with Gasteiger partial charge in [-0.05, 0) is 26.2 Å². The van der Waals surface area contributed by atoms with Gasteiger partial charge in [-0.25, -0.2) is 0 Å². The van der Waals surface area contributed by atoms with Crippen molar-refractivity contribution in [2.45, 2.75) is 38.3 Å². The molecule has 1 aliphatic rings. The van der Waals surface area contributed by atoms with Gasteiger partial charge in [-0.15, -0.1) is 0 Å². The van der Waals surface area contributed by atoms with Gasteiger partial charge in [0, 0.05) is 31.9 Å². The molecule has 1 amide bonds. The molecule has 1 saturated heterocycles. The Labute approximate surface area is 102 Å². The van der Waals surface area contributed by atoms with E-state index in [0.717, 1.165) is 25.8 Å². The molecule has 17 heavy (non-hydrogen) atoms. The summed E-state index contributed by atoms with van der Waals surface area (Å²) in [6, 6.07) is 0.187. The van der Waals surface area contributed by atoms with Gasteiger partial charge in [-0.2, -0.15) is 5.10 Å². The van der Waals surface area contributed by atoms with Crippen LogP contribution >= 0.6 is 0 Å². The molecule has 0 aromatic carbocycles. The molecular weight excluding hydrogens is 216 g/mol. The first kappa shape index (κ1) is 12.1. The lowest BCUT2D eigenvalue weighted by molar-refractivity contribution is 0.0583. The van der Waals surface area contributed by atoms with Gasteiger partial charge in [-0.3, -0.25) is 9.48 Å². The Bertz CT molecular complexity index is 399. The molecule has 0 saturated carbocycles. The summed E-state index contributed by atoms with van der Waals surface area (Å²) in [5.41, 5.74) is 6.62. The van der Waals surface area contributed by atoms with Gasteiger partial charge in [0.05, 0.1) is 11.8 Å². The third kappa shape index (κ3) is 2.49. The maximum atomic E-state index is 12.3. The van der Waals surface area contributed by atoms with Crippen LogP contribution in [0.25, 0.3) is 0 Å². The zero-order valence-corrected chi connectivity index (χ0v) is 10.5. The average molecular weight is 236 g/mol. The second-order valence-electron chi connectivity index (χ2n) is 4.82. The Morgan fingerprint density at radius 2 is 2.35 bits per heavy atom. The molecular formula is C12H20N4O. The standard InChI is InChI=1S/C12H20N4O/c1-9(13)11-5-3-4-6-16(11)12(17)10-7-14-15(2)8-10/h7-9,11H,3-6,13H2,1-2H3.